The molecule has 0 bridgehead atoms. The number of hydrogen-bond acceptors (Lipinski definition) is 3. The van der Waals surface area contributed by atoms with Gasteiger partial charge in [-0.3, -0.25) is 0 Å². The summed E-state index contributed by atoms with van der Waals surface area (Å²) in [7, 11) is 0. The largest absolute Gasteiger partial charge is 0.368 e. The molecule has 0 aromatic carbocycles. The molecule has 1 aromatic rings. The van der Waals surface area contributed by atoms with Crippen molar-refractivity contribution in [1.29, 1.82) is 0 Å². The van der Waals surface area contributed by atoms with Gasteiger partial charge in [-0.15, -0.1) is 5.10 Å². The Morgan fingerprint density at radius 2 is 2.25 bits per heavy atom. The lowest BCUT2D eigenvalue weighted by Gasteiger charge is -2.27. The molecule has 1 aliphatic rings. The van der Waals surface area contributed by atoms with E-state index in [4.69, 9.17) is 0 Å². The molecule has 0 spiro atoms. The van der Waals surface area contributed by atoms with Gasteiger partial charge in [0, 0.05) is 18.4 Å². The van der Waals surface area contributed by atoms with E-state index in [1.165, 1.54) is 0 Å². The first-order chi connectivity index (χ1) is 5.77. The van der Waals surface area contributed by atoms with E-state index < -0.39 is 0 Å². The number of aromatic nitrogens is 3. The Bertz CT molecular complexity index is 300. The van der Waals surface area contributed by atoms with Crippen molar-refractivity contribution in [3.05, 3.63) is 18.1 Å². The first kappa shape index (κ1) is 7.34. The van der Waals surface area contributed by atoms with Crippen LogP contribution in [-0.4, -0.2) is 25.9 Å². The Balaban J connectivity index is 2.24. The quantitative estimate of drug-likeness (QED) is 0.619. The maximum absolute atomic E-state index is 3.90. The molecule has 12 heavy (non-hydrogen) atoms. The van der Waals surface area contributed by atoms with Crippen LogP contribution in [0.3, 0.4) is 0 Å². The summed E-state index contributed by atoms with van der Waals surface area (Å²) in [5.74, 6) is 0. The summed E-state index contributed by atoms with van der Waals surface area (Å²) in [4.78, 5) is 2.25. The fourth-order valence-corrected chi connectivity index (χ4v) is 1.25. The highest BCUT2D eigenvalue weighted by Crippen LogP contribution is 2.12. The van der Waals surface area contributed by atoms with Crippen LogP contribution in [0.1, 0.15) is 19.5 Å². The molecule has 2 heterocycles. The molecule has 4 nitrogen and oxygen atoms in total. The zero-order chi connectivity index (χ0) is 8.55. The monoisotopic (exact) mass is 164 g/mol. The van der Waals surface area contributed by atoms with Crippen LogP contribution in [0.15, 0.2) is 12.4 Å². The van der Waals surface area contributed by atoms with Gasteiger partial charge in [-0.25, -0.2) is 4.68 Å². The zero-order valence-electron chi connectivity index (χ0n) is 7.31. The predicted octanol–water partition coefficient (Wildman–Crippen LogP) is 0.930. The van der Waals surface area contributed by atoms with Crippen molar-refractivity contribution in [2.24, 2.45) is 0 Å². The highest BCUT2D eigenvalue weighted by Gasteiger charge is 2.12. The van der Waals surface area contributed by atoms with E-state index in [1.807, 2.05) is 12.4 Å². The summed E-state index contributed by atoms with van der Waals surface area (Å²) in [5.41, 5.74) is 1.14. The summed E-state index contributed by atoms with van der Waals surface area (Å²) in [5, 5.41) is 7.74. The van der Waals surface area contributed by atoms with Crippen molar-refractivity contribution >= 4 is 6.20 Å². The third-order valence-corrected chi connectivity index (χ3v) is 2.06. The molecule has 64 valence electrons. The molecule has 0 saturated heterocycles. The number of nitrogens with zero attached hydrogens (tertiary/aromatic N) is 4. The molecule has 1 aromatic heterocycles. The van der Waals surface area contributed by atoms with Gasteiger partial charge < -0.3 is 4.90 Å². The Morgan fingerprint density at radius 3 is 3.00 bits per heavy atom. The molecule has 2 rings (SSSR count). The molecule has 0 amide bonds. The van der Waals surface area contributed by atoms with Gasteiger partial charge >= 0.3 is 0 Å². The maximum Gasteiger partial charge on any atom is 0.0832 e. The number of rotatable bonds is 1. The van der Waals surface area contributed by atoms with Crippen LogP contribution in [0.2, 0.25) is 0 Å². The molecule has 1 aliphatic heterocycles. The molecule has 0 fully saturated rings. The zero-order valence-corrected chi connectivity index (χ0v) is 7.31. The highest BCUT2D eigenvalue weighted by atomic mass is 15.4. The van der Waals surface area contributed by atoms with E-state index in [1.54, 1.807) is 10.9 Å². The lowest BCUT2D eigenvalue weighted by molar-refractivity contribution is 0.291. The lowest BCUT2D eigenvalue weighted by Crippen LogP contribution is -2.28. The van der Waals surface area contributed by atoms with Crippen LogP contribution in [0.4, 0.5) is 0 Å². The Kier molecular flexibility index (Phi) is 1.60. The minimum atomic E-state index is 0.532. The number of hydrogen-bond donors (Lipinski definition) is 0. The van der Waals surface area contributed by atoms with Crippen molar-refractivity contribution in [3.63, 3.8) is 0 Å². The van der Waals surface area contributed by atoms with E-state index in [0.29, 0.717) is 6.04 Å². The third-order valence-electron chi connectivity index (χ3n) is 2.06. The summed E-state index contributed by atoms with van der Waals surface area (Å²) < 4.78 is 1.80. The molecule has 0 radical (unpaired) electrons. The molecular weight excluding hydrogens is 152 g/mol. The first-order valence-electron chi connectivity index (χ1n) is 4.10. The van der Waals surface area contributed by atoms with Crippen LogP contribution in [-0.2, 0) is 6.54 Å². The van der Waals surface area contributed by atoms with E-state index in [2.05, 4.69) is 29.1 Å². The van der Waals surface area contributed by atoms with Crippen LogP contribution in [0.5, 0.6) is 0 Å². The molecular formula is C8H12N4. The number of fused-ring (bicyclic) bond motifs is 1. The summed E-state index contributed by atoms with van der Waals surface area (Å²) in [6.45, 7) is 5.24. The Morgan fingerprint density at radius 1 is 1.42 bits per heavy atom. The fraction of sp³-hybridized carbons (Fsp3) is 0.500. The molecule has 0 N–H and O–H groups in total. The van der Waals surface area contributed by atoms with E-state index in [-0.39, 0.29) is 0 Å². The second kappa shape index (κ2) is 2.62. The maximum atomic E-state index is 3.90. The van der Waals surface area contributed by atoms with E-state index in [9.17, 15) is 0 Å². The summed E-state index contributed by atoms with van der Waals surface area (Å²) in [6, 6.07) is 0.532. The van der Waals surface area contributed by atoms with Crippen LogP contribution in [0.25, 0.3) is 6.20 Å². The van der Waals surface area contributed by atoms with Crippen molar-refractivity contribution in [2.75, 3.05) is 0 Å². The van der Waals surface area contributed by atoms with Gasteiger partial charge in [0.15, 0.2) is 0 Å². The van der Waals surface area contributed by atoms with Crippen molar-refractivity contribution in [2.45, 2.75) is 26.4 Å². The minimum absolute atomic E-state index is 0.532. The minimum Gasteiger partial charge on any atom is -0.368 e. The Labute approximate surface area is 71.5 Å². The molecule has 0 saturated carbocycles. The van der Waals surface area contributed by atoms with Gasteiger partial charge in [-0.1, -0.05) is 5.21 Å². The smallest absolute Gasteiger partial charge is 0.0832 e. The van der Waals surface area contributed by atoms with Crippen LogP contribution >= 0.6 is 0 Å². The summed E-state index contributed by atoms with van der Waals surface area (Å²) in [6.07, 6.45) is 5.79. The SMILES string of the molecule is CC(C)N1C=Cn2nncc2C1. The van der Waals surface area contributed by atoms with Gasteiger partial charge in [0.05, 0.1) is 18.4 Å². The molecule has 0 aliphatic carbocycles. The first-order valence-corrected chi connectivity index (χ1v) is 4.10. The van der Waals surface area contributed by atoms with E-state index in [0.717, 1.165) is 12.2 Å². The van der Waals surface area contributed by atoms with E-state index >= 15 is 0 Å². The van der Waals surface area contributed by atoms with Crippen molar-refractivity contribution < 1.29 is 0 Å². The standard InChI is InChI=1S/C8H12N4/c1-7(2)11-3-4-12-8(6-11)5-9-10-12/h3-5,7H,6H2,1-2H3. The average Bonchev–Trinajstić information content (AvgIpc) is 2.49. The van der Waals surface area contributed by atoms with Gasteiger partial charge in [0.25, 0.3) is 0 Å². The van der Waals surface area contributed by atoms with Crippen LogP contribution in [0, 0.1) is 0 Å². The normalized spacial score (nSPS) is 15.4. The fourth-order valence-electron chi connectivity index (χ4n) is 1.25. The van der Waals surface area contributed by atoms with Gasteiger partial charge in [0.1, 0.15) is 0 Å². The predicted molar refractivity (Wildman–Crippen MR) is 46.0 cm³/mol. The lowest BCUT2D eigenvalue weighted by atomic mass is 10.3. The summed E-state index contributed by atoms with van der Waals surface area (Å²) >= 11 is 0. The molecule has 4 heteroatoms. The topological polar surface area (TPSA) is 34.0 Å². The third kappa shape index (κ3) is 1.09. The second-order valence-corrected chi connectivity index (χ2v) is 3.23. The van der Waals surface area contributed by atoms with Gasteiger partial charge in [-0.2, -0.15) is 0 Å². The second-order valence-electron chi connectivity index (χ2n) is 3.23. The Hall–Kier alpha value is -1.32. The molecule has 0 unspecified atom stereocenters. The highest BCUT2D eigenvalue weighted by molar-refractivity contribution is 5.26. The van der Waals surface area contributed by atoms with Crippen LogP contribution < -0.4 is 0 Å². The van der Waals surface area contributed by atoms with Crippen molar-refractivity contribution in [3.8, 4) is 0 Å². The van der Waals surface area contributed by atoms with Gasteiger partial charge in [0.2, 0.25) is 0 Å². The molecule has 0 atom stereocenters. The average molecular weight is 164 g/mol. The van der Waals surface area contributed by atoms with Gasteiger partial charge in [-0.05, 0) is 13.8 Å². The van der Waals surface area contributed by atoms with Crippen molar-refractivity contribution in [1.82, 2.24) is 19.9 Å².